The van der Waals surface area contributed by atoms with Gasteiger partial charge in [-0.05, 0) is 63.0 Å². The Morgan fingerprint density at radius 2 is 2.17 bits per heavy atom. The molecule has 1 fully saturated rings. The van der Waals surface area contributed by atoms with Gasteiger partial charge in [-0.2, -0.15) is 4.31 Å². The fraction of sp³-hybridized carbons (Fsp3) is 0.562. The molecule has 1 unspecified atom stereocenters. The molecule has 0 aliphatic carbocycles. The highest BCUT2D eigenvalue weighted by Gasteiger charge is 2.30. The molecular weight excluding hydrogens is 316 g/mol. The van der Waals surface area contributed by atoms with E-state index < -0.39 is 16.0 Å². The number of methoxy groups -OCH3 is 1. The lowest BCUT2D eigenvalue weighted by Crippen LogP contribution is -2.42. The Morgan fingerprint density at radius 1 is 1.43 bits per heavy atom. The van der Waals surface area contributed by atoms with Gasteiger partial charge in [0.15, 0.2) is 0 Å². The lowest BCUT2D eigenvalue weighted by molar-refractivity contribution is 0.0600. The number of nitrogens with one attached hydrogen (secondary N) is 1. The van der Waals surface area contributed by atoms with E-state index in [1.165, 1.54) is 19.2 Å². The van der Waals surface area contributed by atoms with Crippen LogP contribution >= 0.6 is 0 Å². The molecule has 6 nitrogen and oxygen atoms in total. The largest absolute Gasteiger partial charge is 0.465 e. The summed E-state index contributed by atoms with van der Waals surface area (Å²) in [6.45, 7) is 3.60. The number of carbonyl (C=O) groups is 1. The molecule has 0 spiro atoms. The van der Waals surface area contributed by atoms with Crippen LogP contribution in [-0.2, 0) is 14.8 Å². The molecule has 1 aromatic carbocycles. The number of hydrogen-bond donors (Lipinski definition) is 1. The van der Waals surface area contributed by atoms with E-state index in [0.717, 1.165) is 19.4 Å². The predicted molar refractivity (Wildman–Crippen MR) is 87.9 cm³/mol. The van der Waals surface area contributed by atoms with E-state index in [4.69, 9.17) is 4.74 Å². The smallest absolute Gasteiger partial charge is 0.338 e. The molecule has 1 aliphatic heterocycles. The van der Waals surface area contributed by atoms with Crippen molar-refractivity contribution in [3.8, 4) is 0 Å². The van der Waals surface area contributed by atoms with Gasteiger partial charge in [0.25, 0.3) is 0 Å². The number of nitrogens with zero attached hydrogens (tertiary/aromatic N) is 1. The highest BCUT2D eigenvalue weighted by molar-refractivity contribution is 7.89. The molecule has 1 atom stereocenters. The zero-order valence-electron chi connectivity index (χ0n) is 13.8. The predicted octanol–water partition coefficient (Wildman–Crippen LogP) is 1.40. The van der Waals surface area contributed by atoms with Crippen LogP contribution in [0.3, 0.4) is 0 Å². The number of hydrogen-bond acceptors (Lipinski definition) is 5. The summed E-state index contributed by atoms with van der Waals surface area (Å²) in [5.74, 6) is -0.127. The SMILES string of the molecule is CNCC1CCCN(S(=O)(=O)c2ccc(C(=O)OC)c(C)c2)C1. The van der Waals surface area contributed by atoms with Crippen molar-refractivity contribution in [2.75, 3.05) is 33.8 Å². The third kappa shape index (κ3) is 3.91. The Hall–Kier alpha value is -1.44. The number of ether oxygens (including phenoxy) is 1. The van der Waals surface area contributed by atoms with Crippen molar-refractivity contribution in [3.05, 3.63) is 29.3 Å². The first kappa shape index (κ1) is 17.9. The third-order valence-corrected chi connectivity index (χ3v) is 6.08. The van der Waals surface area contributed by atoms with Gasteiger partial charge in [-0.15, -0.1) is 0 Å². The molecule has 1 aromatic rings. The van der Waals surface area contributed by atoms with Crippen molar-refractivity contribution in [3.63, 3.8) is 0 Å². The van der Waals surface area contributed by atoms with Gasteiger partial charge in [0.1, 0.15) is 0 Å². The fourth-order valence-electron chi connectivity index (χ4n) is 2.99. The lowest BCUT2D eigenvalue weighted by Gasteiger charge is -2.32. The number of carbonyl (C=O) groups excluding carboxylic acids is 1. The van der Waals surface area contributed by atoms with Gasteiger partial charge >= 0.3 is 5.97 Å². The van der Waals surface area contributed by atoms with E-state index >= 15 is 0 Å². The lowest BCUT2D eigenvalue weighted by atomic mass is 10.00. The van der Waals surface area contributed by atoms with Crippen molar-refractivity contribution in [2.24, 2.45) is 5.92 Å². The van der Waals surface area contributed by atoms with Crippen LogP contribution in [0.4, 0.5) is 0 Å². The van der Waals surface area contributed by atoms with Crippen LogP contribution in [0.15, 0.2) is 23.1 Å². The van der Waals surface area contributed by atoms with Crippen LogP contribution in [-0.4, -0.2) is 52.5 Å². The van der Waals surface area contributed by atoms with E-state index in [0.29, 0.717) is 30.1 Å². The molecule has 1 saturated heterocycles. The van der Waals surface area contributed by atoms with E-state index in [1.54, 1.807) is 17.3 Å². The van der Waals surface area contributed by atoms with Crippen LogP contribution in [0.25, 0.3) is 0 Å². The van der Waals surface area contributed by atoms with E-state index in [2.05, 4.69) is 5.32 Å². The van der Waals surface area contributed by atoms with Crippen molar-refractivity contribution < 1.29 is 17.9 Å². The molecule has 128 valence electrons. The minimum atomic E-state index is -3.53. The molecular formula is C16H24N2O4S. The van der Waals surface area contributed by atoms with Crippen LogP contribution in [0.2, 0.25) is 0 Å². The number of rotatable bonds is 5. The summed E-state index contributed by atoms with van der Waals surface area (Å²) in [5, 5.41) is 3.11. The van der Waals surface area contributed by atoms with Crippen LogP contribution in [0, 0.1) is 12.8 Å². The molecule has 1 heterocycles. The number of sulfonamides is 1. The zero-order chi connectivity index (χ0) is 17.0. The maximum Gasteiger partial charge on any atom is 0.338 e. The first-order valence-electron chi connectivity index (χ1n) is 7.74. The van der Waals surface area contributed by atoms with E-state index in [1.807, 2.05) is 7.05 Å². The van der Waals surface area contributed by atoms with Gasteiger partial charge in [0.2, 0.25) is 10.0 Å². The summed E-state index contributed by atoms with van der Waals surface area (Å²) in [7, 11) is -0.347. The van der Waals surface area contributed by atoms with Crippen LogP contribution in [0.5, 0.6) is 0 Å². The zero-order valence-corrected chi connectivity index (χ0v) is 14.6. The molecule has 7 heteroatoms. The average molecular weight is 340 g/mol. The highest BCUT2D eigenvalue weighted by Crippen LogP contribution is 2.25. The second-order valence-electron chi connectivity index (χ2n) is 5.90. The number of esters is 1. The Bertz CT molecular complexity index is 671. The average Bonchev–Trinajstić information content (AvgIpc) is 2.54. The van der Waals surface area contributed by atoms with Crippen LogP contribution in [0.1, 0.15) is 28.8 Å². The molecule has 0 aromatic heterocycles. The monoisotopic (exact) mass is 340 g/mol. The normalized spacial score (nSPS) is 19.5. The molecule has 1 N–H and O–H groups in total. The summed E-state index contributed by atoms with van der Waals surface area (Å²) in [4.78, 5) is 11.9. The topological polar surface area (TPSA) is 75.7 Å². The molecule has 0 saturated carbocycles. The third-order valence-electron chi connectivity index (χ3n) is 4.22. The number of aryl methyl sites for hydroxylation is 1. The quantitative estimate of drug-likeness (QED) is 0.820. The maximum absolute atomic E-state index is 12.8. The van der Waals surface area contributed by atoms with Gasteiger partial charge in [-0.1, -0.05) is 0 Å². The molecule has 1 aliphatic rings. The Labute approximate surface area is 137 Å². The van der Waals surface area contributed by atoms with Gasteiger partial charge in [0, 0.05) is 13.1 Å². The Morgan fingerprint density at radius 3 is 2.78 bits per heavy atom. The minimum Gasteiger partial charge on any atom is -0.465 e. The van der Waals surface area contributed by atoms with Gasteiger partial charge in [-0.25, -0.2) is 13.2 Å². The second-order valence-corrected chi connectivity index (χ2v) is 7.84. The minimum absolute atomic E-state index is 0.229. The van der Waals surface area contributed by atoms with Crippen molar-refractivity contribution in [2.45, 2.75) is 24.7 Å². The summed E-state index contributed by atoms with van der Waals surface area (Å²) in [6, 6.07) is 4.54. The summed E-state index contributed by atoms with van der Waals surface area (Å²) >= 11 is 0. The number of benzene rings is 1. The van der Waals surface area contributed by atoms with E-state index in [-0.39, 0.29) is 4.90 Å². The summed E-state index contributed by atoms with van der Waals surface area (Å²) in [6.07, 6.45) is 1.90. The van der Waals surface area contributed by atoms with Crippen LogP contribution < -0.4 is 5.32 Å². The number of piperidine rings is 1. The van der Waals surface area contributed by atoms with Crippen molar-refractivity contribution in [1.82, 2.24) is 9.62 Å². The van der Waals surface area contributed by atoms with Gasteiger partial charge in [0.05, 0.1) is 17.6 Å². The molecule has 2 rings (SSSR count). The standard InChI is InChI=1S/C16H24N2O4S/c1-12-9-14(6-7-15(12)16(19)22-3)23(20,21)18-8-4-5-13(11-18)10-17-2/h6-7,9,13,17H,4-5,8,10-11H2,1-3H3. The first-order chi connectivity index (χ1) is 10.9. The molecule has 0 radical (unpaired) electrons. The molecule has 23 heavy (non-hydrogen) atoms. The summed E-state index contributed by atoms with van der Waals surface area (Å²) < 4.78 is 31.9. The van der Waals surface area contributed by atoms with E-state index in [9.17, 15) is 13.2 Å². The highest BCUT2D eigenvalue weighted by atomic mass is 32.2. The fourth-order valence-corrected chi connectivity index (χ4v) is 4.63. The Kier molecular flexibility index (Phi) is 5.78. The van der Waals surface area contributed by atoms with Crippen molar-refractivity contribution in [1.29, 1.82) is 0 Å². The van der Waals surface area contributed by atoms with Crippen molar-refractivity contribution >= 4 is 16.0 Å². The first-order valence-corrected chi connectivity index (χ1v) is 9.18. The molecule has 0 amide bonds. The maximum atomic E-state index is 12.8. The molecule has 0 bridgehead atoms. The van der Waals surface area contributed by atoms with Gasteiger partial charge < -0.3 is 10.1 Å². The second kappa shape index (κ2) is 7.42. The Balaban J connectivity index is 2.25. The summed E-state index contributed by atoms with van der Waals surface area (Å²) in [5.41, 5.74) is 0.986. The van der Waals surface area contributed by atoms with Gasteiger partial charge in [-0.3, -0.25) is 0 Å².